The SMILES string of the molecule is C[C@@H](N)COc1nc(N2C[C@H]3CC[C@@H](C2)N3)c2cc(Cl)c(-c3cccc4[se]c(N)c(C#N)c34)c(F)c2n1. The van der Waals surface area contributed by atoms with Crippen LogP contribution >= 0.6 is 11.6 Å². The maximum absolute atomic E-state index is 16.5. The molecule has 2 aliphatic rings. The quantitative estimate of drug-likeness (QED) is 0.305. The topological polar surface area (TPSA) is 126 Å². The Kier molecular flexibility index (Phi) is 6.22. The molecule has 5 N–H and O–H groups in total. The van der Waals surface area contributed by atoms with Gasteiger partial charge < -0.3 is 0 Å². The number of nitrogen functional groups attached to an aromatic ring is 1. The van der Waals surface area contributed by atoms with Gasteiger partial charge in [0.1, 0.15) is 0 Å². The number of ether oxygens (including phenoxy) is 1. The van der Waals surface area contributed by atoms with Crippen LogP contribution in [0.5, 0.6) is 6.01 Å². The van der Waals surface area contributed by atoms with Gasteiger partial charge in [-0.15, -0.1) is 0 Å². The summed E-state index contributed by atoms with van der Waals surface area (Å²) in [5.41, 5.74) is 13.3. The van der Waals surface area contributed by atoms with Gasteiger partial charge in [-0.2, -0.15) is 0 Å². The third-order valence-electron chi connectivity index (χ3n) is 6.96. The van der Waals surface area contributed by atoms with Crippen molar-refractivity contribution >= 4 is 57.0 Å². The molecule has 37 heavy (non-hydrogen) atoms. The van der Waals surface area contributed by atoms with Crippen molar-refractivity contribution in [1.82, 2.24) is 15.3 Å². The van der Waals surface area contributed by atoms with Gasteiger partial charge >= 0.3 is 225 Å². The number of nitrogens with zero attached hydrogens (tertiary/aromatic N) is 4. The molecule has 2 aliphatic heterocycles. The van der Waals surface area contributed by atoms with Crippen molar-refractivity contribution in [2.24, 2.45) is 5.73 Å². The summed E-state index contributed by atoms with van der Waals surface area (Å²) in [5, 5.41) is 14.8. The van der Waals surface area contributed by atoms with Crippen molar-refractivity contribution < 1.29 is 9.13 Å². The number of nitrogens with two attached hydrogens (primary N) is 2. The number of fused-ring (bicyclic) bond motifs is 4. The standard InChI is InChI=1S/C26H25ClFN7OSe/c1-12(30)11-36-26-33-23-16(25(34-26)35-9-13-5-6-14(10-35)32-13)7-18(27)21(22(23)28)15-3-2-4-19-20(15)17(8-29)24(31)37-19/h2-4,7,12-14,32H,5-6,9-11,30-31H2,1H3/t12-,13-,14+/m1/s1. The van der Waals surface area contributed by atoms with Gasteiger partial charge in [0, 0.05) is 0 Å². The second-order valence-corrected chi connectivity index (χ2v) is 12.4. The monoisotopic (exact) mass is 585 g/mol. The molecule has 190 valence electrons. The average molecular weight is 585 g/mol. The fourth-order valence-electron chi connectivity index (χ4n) is 5.37. The van der Waals surface area contributed by atoms with E-state index >= 15 is 4.39 Å². The Morgan fingerprint density at radius 2 is 2.08 bits per heavy atom. The first kappa shape index (κ1) is 24.4. The summed E-state index contributed by atoms with van der Waals surface area (Å²) in [5.74, 6) is 0.0115. The third kappa shape index (κ3) is 4.21. The first-order chi connectivity index (χ1) is 17.8. The van der Waals surface area contributed by atoms with Crippen LogP contribution in [0.25, 0.3) is 31.7 Å². The fraction of sp³-hybridized carbons (Fsp3) is 0.346. The summed E-state index contributed by atoms with van der Waals surface area (Å²) in [4.78, 5) is 11.3. The number of anilines is 2. The molecule has 4 heterocycles. The molecule has 0 unspecified atom stereocenters. The number of rotatable bonds is 5. The molecule has 3 atom stereocenters. The minimum absolute atomic E-state index is 0.0707. The second kappa shape index (κ2) is 9.43. The molecule has 0 radical (unpaired) electrons. The van der Waals surface area contributed by atoms with E-state index in [4.69, 9.17) is 32.8 Å². The van der Waals surface area contributed by atoms with E-state index < -0.39 is 5.82 Å². The molecule has 2 bridgehead atoms. The first-order valence-corrected chi connectivity index (χ1v) is 14.2. The maximum atomic E-state index is 16.5. The van der Waals surface area contributed by atoms with Crippen molar-refractivity contribution in [3.63, 3.8) is 0 Å². The second-order valence-electron chi connectivity index (χ2n) is 9.74. The van der Waals surface area contributed by atoms with Crippen molar-refractivity contribution in [2.75, 3.05) is 30.3 Å². The average Bonchev–Trinajstić information content (AvgIpc) is 3.39. The van der Waals surface area contributed by atoms with Gasteiger partial charge in [0.05, 0.1) is 0 Å². The van der Waals surface area contributed by atoms with Crippen LogP contribution in [-0.2, 0) is 0 Å². The molecule has 0 aliphatic carbocycles. The van der Waals surface area contributed by atoms with Gasteiger partial charge in [0.15, 0.2) is 0 Å². The minimum atomic E-state index is -0.585. The number of halogens is 2. The number of benzene rings is 2. The molecule has 2 saturated heterocycles. The van der Waals surface area contributed by atoms with Crippen molar-refractivity contribution in [3.05, 3.63) is 40.7 Å². The Bertz CT molecular complexity index is 1570. The van der Waals surface area contributed by atoms with E-state index in [9.17, 15) is 5.26 Å². The Balaban J connectivity index is 1.58. The summed E-state index contributed by atoms with van der Waals surface area (Å²) in [6.45, 7) is 3.52. The molecule has 2 fully saturated rings. The van der Waals surface area contributed by atoms with Crippen LogP contribution in [0.4, 0.5) is 14.8 Å². The van der Waals surface area contributed by atoms with Gasteiger partial charge in [0.25, 0.3) is 0 Å². The molecule has 2 aromatic heterocycles. The first-order valence-electron chi connectivity index (χ1n) is 12.1. The van der Waals surface area contributed by atoms with Crippen molar-refractivity contribution in [3.8, 4) is 23.2 Å². The molecule has 8 nitrogen and oxygen atoms in total. The van der Waals surface area contributed by atoms with Crippen LogP contribution in [-0.4, -0.2) is 62.3 Å². The van der Waals surface area contributed by atoms with E-state index in [2.05, 4.69) is 21.3 Å². The van der Waals surface area contributed by atoms with Crippen molar-refractivity contribution in [2.45, 2.75) is 37.9 Å². The van der Waals surface area contributed by atoms with Crippen LogP contribution in [0.1, 0.15) is 25.3 Å². The number of hydrogen-bond donors (Lipinski definition) is 3. The zero-order valence-electron chi connectivity index (χ0n) is 20.1. The van der Waals surface area contributed by atoms with Crippen LogP contribution in [0, 0.1) is 17.1 Å². The number of piperazine rings is 1. The Morgan fingerprint density at radius 1 is 1.32 bits per heavy atom. The van der Waals surface area contributed by atoms with Crippen LogP contribution in [0.15, 0.2) is 24.3 Å². The fourth-order valence-corrected chi connectivity index (χ4v) is 7.66. The van der Waals surface area contributed by atoms with E-state index in [0.717, 1.165) is 30.2 Å². The number of nitrogens with one attached hydrogen (secondary N) is 1. The van der Waals surface area contributed by atoms with Gasteiger partial charge in [0.2, 0.25) is 0 Å². The molecule has 6 rings (SSSR count). The molecule has 4 aromatic rings. The van der Waals surface area contributed by atoms with Gasteiger partial charge in [-0.05, 0) is 0 Å². The van der Waals surface area contributed by atoms with Crippen molar-refractivity contribution in [1.29, 1.82) is 5.26 Å². The van der Waals surface area contributed by atoms with Gasteiger partial charge in [-0.3, -0.25) is 0 Å². The Labute approximate surface area is 224 Å². The molecule has 0 spiro atoms. The summed E-state index contributed by atoms with van der Waals surface area (Å²) in [7, 11) is 0. The molecular weight excluding hydrogens is 560 g/mol. The van der Waals surface area contributed by atoms with E-state index in [1.165, 1.54) is 0 Å². The third-order valence-corrected chi connectivity index (χ3v) is 9.32. The molecule has 0 amide bonds. The van der Waals surface area contributed by atoms with E-state index in [-0.39, 0.29) is 49.3 Å². The predicted molar refractivity (Wildman–Crippen MR) is 145 cm³/mol. The van der Waals surface area contributed by atoms with E-state index in [1.807, 2.05) is 19.1 Å². The van der Waals surface area contributed by atoms with E-state index in [1.54, 1.807) is 12.1 Å². The Hall–Kier alpha value is -2.93. The predicted octanol–water partition coefficient (Wildman–Crippen LogP) is 3.42. The normalized spacial score (nSPS) is 19.9. The van der Waals surface area contributed by atoms with Crippen LogP contribution in [0.2, 0.25) is 5.02 Å². The van der Waals surface area contributed by atoms with E-state index in [0.29, 0.717) is 44.4 Å². The zero-order chi connectivity index (χ0) is 25.8. The summed E-state index contributed by atoms with van der Waals surface area (Å²) in [6, 6.07) is 9.98. The molecule has 2 aromatic carbocycles. The number of aromatic nitrogens is 2. The molecule has 0 saturated carbocycles. The number of hydrogen-bond acceptors (Lipinski definition) is 8. The van der Waals surface area contributed by atoms with Crippen LogP contribution < -0.4 is 26.4 Å². The Morgan fingerprint density at radius 3 is 2.78 bits per heavy atom. The zero-order valence-corrected chi connectivity index (χ0v) is 22.6. The summed E-state index contributed by atoms with van der Waals surface area (Å²) in [6.07, 6.45) is 2.19. The van der Waals surface area contributed by atoms with Gasteiger partial charge in [-0.25, -0.2) is 0 Å². The number of nitriles is 1. The molecular formula is C26H25ClFN7OSe. The summed E-state index contributed by atoms with van der Waals surface area (Å²) < 4.78 is 23.7. The van der Waals surface area contributed by atoms with Crippen LogP contribution in [0.3, 0.4) is 0 Å². The molecule has 11 heteroatoms. The summed E-state index contributed by atoms with van der Waals surface area (Å²) >= 11 is 6.59. The van der Waals surface area contributed by atoms with Gasteiger partial charge in [-0.1, -0.05) is 0 Å².